The van der Waals surface area contributed by atoms with E-state index in [-0.39, 0.29) is 18.9 Å². The minimum absolute atomic E-state index is 0.179. The van der Waals surface area contributed by atoms with E-state index in [4.69, 9.17) is 9.15 Å². The molecule has 2 aromatic rings. The van der Waals surface area contributed by atoms with Crippen molar-refractivity contribution in [3.05, 3.63) is 59.5 Å². The summed E-state index contributed by atoms with van der Waals surface area (Å²) >= 11 is 0. The molecule has 0 saturated heterocycles. The number of carbonyl (C=O) groups is 2. The van der Waals surface area contributed by atoms with Crippen molar-refractivity contribution in [3.63, 3.8) is 0 Å². The molecule has 0 aliphatic rings. The molecule has 20 heavy (non-hydrogen) atoms. The summed E-state index contributed by atoms with van der Waals surface area (Å²) in [5, 5.41) is 2.44. The van der Waals surface area contributed by atoms with Crippen molar-refractivity contribution in [1.82, 2.24) is 5.32 Å². The fourth-order valence-electron chi connectivity index (χ4n) is 1.59. The van der Waals surface area contributed by atoms with Gasteiger partial charge in [0.15, 0.2) is 5.76 Å². The number of furan rings is 1. The van der Waals surface area contributed by atoms with Gasteiger partial charge in [-0.25, -0.2) is 0 Å². The summed E-state index contributed by atoms with van der Waals surface area (Å²) in [6.07, 6.45) is 0. The Morgan fingerprint density at radius 1 is 1.15 bits per heavy atom. The van der Waals surface area contributed by atoms with E-state index in [1.54, 1.807) is 19.1 Å². The molecule has 5 heteroatoms. The summed E-state index contributed by atoms with van der Waals surface area (Å²) in [5.74, 6) is -0.111. The fourth-order valence-corrected chi connectivity index (χ4v) is 1.59. The molecule has 1 aromatic carbocycles. The standard InChI is InChI=1S/C15H15NO4/c1-11-7-8-13(20-11)15(18)16-9-14(17)19-10-12-5-3-2-4-6-12/h2-8H,9-10H2,1H3,(H,16,18). The molecule has 0 spiro atoms. The maximum absolute atomic E-state index is 11.6. The lowest BCUT2D eigenvalue weighted by molar-refractivity contribution is -0.143. The normalized spacial score (nSPS) is 10.1. The van der Waals surface area contributed by atoms with Crippen LogP contribution in [0, 0.1) is 6.92 Å². The first-order valence-corrected chi connectivity index (χ1v) is 6.19. The Bertz CT molecular complexity index is 589. The summed E-state index contributed by atoms with van der Waals surface area (Å²) in [4.78, 5) is 23.1. The Kier molecular flexibility index (Phi) is 4.55. The van der Waals surface area contributed by atoms with E-state index in [1.807, 2.05) is 30.3 Å². The number of hydrogen-bond acceptors (Lipinski definition) is 4. The molecule has 0 atom stereocenters. The molecule has 0 bridgehead atoms. The van der Waals surface area contributed by atoms with Crippen molar-refractivity contribution < 1.29 is 18.7 Å². The van der Waals surface area contributed by atoms with Crippen LogP contribution in [0.4, 0.5) is 0 Å². The number of ether oxygens (including phenoxy) is 1. The molecule has 0 unspecified atom stereocenters. The summed E-state index contributed by atoms with van der Waals surface area (Å²) < 4.78 is 10.2. The van der Waals surface area contributed by atoms with Gasteiger partial charge in [0.1, 0.15) is 18.9 Å². The molecule has 1 aromatic heterocycles. The average molecular weight is 273 g/mol. The van der Waals surface area contributed by atoms with Gasteiger partial charge in [-0.05, 0) is 24.6 Å². The topological polar surface area (TPSA) is 68.5 Å². The van der Waals surface area contributed by atoms with E-state index in [9.17, 15) is 9.59 Å². The highest BCUT2D eigenvalue weighted by atomic mass is 16.5. The van der Waals surface area contributed by atoms with Crippen molar-refractivity contribution in [2.24, 2.45) is 0 Å². The van der Waals surface area contributed by atoms with Crippen molar-refractivity contribution in [2.75, 3.05) is 6.54 Å². The number of amides is 1. The van der Waals surface area contributed by atoms with Crippen LogP contribution in [-0.4, -0.2) is 18.4 Å². The highest BCUT2D eigenvalue weighted by Crippen LogP contribution is 2.05. The van der Waals surface area contributed by atoms with E-state index in [0.717, 1.165) is 5.56 Å². The zero-order valence-corrected chi connectivity index (χ0v) is 11.1. The number of aryl methyl sites for hydroxylation is 1. The van der Waals surface area contributed by atoms with Crippen LogP contribution in [-0.2, 0) is 16.1 Å². The van der Waals surface area contributed by atoms with Gasteiger partial charge < -0.3 is 14.5 Å². The first-order chi connectivity index (χ1) is 9.65. The van der Waals surface area contributed by atoms with E-state index in [0.29, 0.717) is 5.76 Å². The second kappa shape index (κ2) is 6.56. The second-order valence-corrected chi connectivity index (χ2v) is 4.24. The van der Waals surface area contributed by atoms with Gasteiger partial charge in [0, 0.05) is 0 Å². The maximum atomic E-state index is 11.6. The number of carbonyl (C=O) groups excluding carboxylic acids is 2. The van der Waals surface area contributed by atoms with Gasteiger partial charge in [0.05, 0.1) is 0 Å². The predicted octanol–water partition coefficient (Wildman–Crippen LogP) is 2.06. The van der Waals surface area contributed by atoms with E-state index in [2.05, 4.69) is 5.32 Å². The fraction of sp³-hybridized carbons (Fsp3) is 0.200. The average Bonchev–Trinajstić information content (AvgIpc) is 2.90. The number of rotatable bonds is 5. The highest BCUT2D eigenvalue weighted by Gasteiger charge is 2.11. The number of hydrogen-bond donors (Lipinski definition) is 1. The molecule has 0 radical (unpaired) electrons. The van der Waals surface area contributed by atoms with Crippen LogP contribution in [0.1, 0.15) is 21.9 Å². The Balaban J connectivity index is 1.74. The Labute approximate surface area is 116 Å². The third-order valence-electron chi connectivity index (χ3n) is 2.60. The quantitative estimate of drug-likeness (QED) is 0.847. The monoisotopic (exact) mass is 273 g/mol. The molecular weight excluding hydrogens is 258 g/mol. The van der Waals surface area contributed by atoms with Crippen molar-refractivity contribution >= 4 is 11.9 Å². The van der Waals surface area contributed by atoms with Gasteiger partial charge in [-0.3, -0.25) is 9.59 Å². The summed E-state index contributed by atoms with van der Waals surface area (Å²) in [5.41, 5.74) is 0.897. The molecule has 1 amide bonds. The lowest BCUT2D eigenvalue weighted by Crippen LogP contribution is -2.30. The smallest absolute Gasteiger partial charge is 0.325 e. The summed E-state index contributed by atoms with van der Waals surface area (Å²) in [6, 6.07) is 12.6. The SMILES string of the molecule is Cc1ccc(C(=O)NCC(=O)OCc2ccccc2)o1. The van der Waals surface area contributed by atoms with Crippen LogP contribution in [0.15, 0.2) is 46.9 Å². The molecular formula is C15H15NO4. The number of nitrogens with one attached hydrogen (secondary N) is 1. The van der Waals surface area contributed by atoms with Crippen LogP contribution in [0.2, 0.25) is 0 Å². The van der Waals surface area contributed by atoms with Crippen LogP contribution < -0.4 is 5.32 Å². The third kappa shape index (κ3) is 3.98. The van der Waals surface area contributed by atoms with Gasteiger partial charge in [-0.1, -0.05) is 30.3 Å². The minimum Gasteiger partial charge on any atom is -0.460 e. The zero-order chi connectivity index (χ0) is 14.4. The number of esters is 1. The van der Waals surface area contributed by atoms with Crippen molar-refractivity contribution in [2.45, 2.75) is 13.5 Å². The maximum Gasteiger partial charge on any atom is 0.325 e. The first kappa shape index (κ1) is 13.9. The molecule has 0 fully saturated rings. The third-order valence-corrected chi connectivity index (χ3v) is 2.60. The van der Waals surface area contributed by atoms with Crippen LogP contribution in [0.5, 0.6) is 0 Å². The van der Waals surface area contributed by atoms with Crippen molar-refractivity contribution in [1.29, 1.82) is 0 Å². The molecule has 2 rings (SSSR count). The van der Waals surface area contributed by atoms with Gasteiger partial charge in [0.25, 0.3) is 5.91 Å². The van der Waals surface area contributed by atoms with Gasteiger partial charge >= 0.3 is 5.97 Å². The molecule has 0 saturated carbocycles. The Morgan fingerprint density at radius 3 is 2.55 bits per heavy atom. The lowest BCUT2D eigenvalue weighted by atomic mass is 10.2. The largest absolute Gasteiger partial charge is 0.460 e. The van der Waals surface area contributed by atoms with Crippen LogP contribution >= 0.6 is 0 Å². The van der Waals surface area contributed by atoms with Gasteiger partial charge in [0.2, 0.25) is 0 Å². The number of benzene rings is 1. The van der Waals surface area contributed by atoms with E-state index in [1.165, 1.54) is 0 Å². The molecule has 104 valence electrons. The molecule has 5 nitrogen and oxygen atoms in total. The molecule has 1 N–H and O–H groups in total. The minimum atomic E-state index is -0.495. The van der Waals surface area contributed by atoms with Crippen LogP contribution in [0.25, 0.3) is 0 Å². The molecule has 0 aliphatic carbocycles. The van der Waals surface area contributed by atoms with Gasteiger partial charge in [-0.15, -0.1) is 0 Å². The predicted molar refractivity (Wildman–Crippen MR) is 72.0 cm³/mol. The first-order valence-electron chi connectivity index (χ1n) is 6.19. The lowest BCUT2D eigenvalue weighted by Gasteiger charge is -2.05. The van der Waals surface area contributed by atoms with Crippen LogP contribution in [0.3, 0.4) is 0 Å². The summed E-state index contributed by atoms with van der Waals surface area (Å²) in [6.45, 7) is 1.74. The van der Waals surface area contributed by atoms with Crippen molar-refractivity contribution in [3.8, 4) is 0 Å². The van der Waals surface area contributed by atoms with E-state index < -0.39 is 11.9 Å². The van der Waals surface area contributed by atoms with Gasteiger partial charge in [-0.2, -0.15) is 0 Å². The molecule has 1 heterocycles. The Hall–Kier alpha value is -2.56. The molecule has 0 aliphatic heterocycles. The zero-order valence-electron chi connectivity index (χ0n) is 11.1. The van der Waals surface area contributed by atoms with E-state index >= 15 is 0 Å². The Morgan fingerprint density at radius 2 is 1.90 bits per heavy atom. The highest BCUT2D eigenvalue weighted by molar-refractivity contribution is 5.93. The summed E-state index contributed by atoms with van der Waals surface area (Å²) in [7, 11) is 0. The second-order valence-electron chi connectivity index (χ2n) is 4.24.